The molecule has 0 radical (unpaired) electrons. The van der Waals surface area contributed by atoms with E-state index in [1.54, 1.807) is 16.0 Å². The highest BCUT2D eigenvalue weighted by Crippen LogP contribution is 2.32. The molecule has 1 aliphatic rings. The van der Waals surface area contributed by atoms with Gasteiger partial charge in [0.05, 0.1) is 11.4 Å². The highest BCUT2D eigenvalue weighted by Gasteiger charge is 2.21. The number of hydrogen-bond acceptors (Lipinski definition) is 4. The van der Waals surface area contributed by atoms with Crippen molar-refractivity contribution in [3.63, 3.8) is 0 Å². The molecule has 2 heterocycles. The summed E-state index contributed by atoms with van der Waals surface area (Å²) in [7, 11) is 0. The first-order valence-electron chi connectivity index (χ1n) is 7.41. The molecule has 112 valence electrons. The normalized spacial score (nSPS) is 17.6. The number of hydrogen-bond donors (Lipinski definition) is 1. The Balaban J connectivity index is 1.79. The van der Waals surface area contributed by atoms with Crippen molar-refractivity contribution in [3.8, 4) is 0 Å². The summed E-state index contributed by atoms with van der Waals surface area (Å²) < 4.78 is 1.72. The number of fused-ring (bicyclic) bond motifs is 1. The molecular weight excluding hydrogens is 284 g/mol. The van der Waals surface area contributed by atoms with Crippen LogP contribution in [-0.2, 0) is 19.4 Å². The molecule has 2 aromatic heterocycles. The third kappa shape index (κ3) is 2.85. The molecule has 0 fully saturated rings. The number of carbonyl (C=O) groups excluding carboxylic acids is 1. The first kappa shape index (κ1) is 14.3. The summed E-state index contributed by atoms with van der Waals surface area (Å²) >= 11 is 1.61. The van der Waals surface area contributed by atoms with Gasteiger partial charge in [0.15, 0.2) is 5.13 Å². The van der Waals surface area contributed by atoms with Gasteiger partial charge in [0, 0.05) is 11.4 Å². The lowest BCUT2D eigenvalue weighted by Crippen LogP contribution is -2.17. The molecule has 1 atom stereocenters. The lowest BCUT2D eigenvalue weighted by molar-refractivity contribution is 0.101. The Morgan fingerprint density at radius 1 is 1.57 bits per heavy atom. The average molecular weight is 304 g/mol. The molecule has 0 aromatic carbocycles. The molecule has 0 saturated carbocycles. The minimum Gasteiger partial charge on any atom is -0.296 e. The topological polar surface area (TPSA) is 59.8 Å². The summed E-state index contributed by atoms with van der Waals surface area (Å²) in [5.74, 6) is 0.585. The number of amides is 1. The number of aromatic nitrogens is 3. The number of thiazole rings is 1. The van der Waals surface area contributed by atoms with E-state index >= 15 is 0 Å². The van der Waals surface area contributed by atoms with Gasteiger partial charge in [0.1, 0.15) is 5.69 Å². The number of rotatable bonds is 3. The Hall–Kier alpha value is -1.69. The van der Waals surface area contributed by atoms with Crippen molar-refractivity contribution in [2.24, 2.45) is 5.92 Å². The Bertz CT molecular complexity index is 673. The molecule has 1 N–H and O–H groups in total. The minimum absolute atomic E-state index is 0.128. The van der Waals surface area contributed by atoms with Gasteiger partial charge < -0.3 is 0 Å². The molecule has 0 bridgehead atoms. The molecular formula is C15H20N4OS. The lowest BCUT2D eigenvalue weighted by atomic mass is 9.93. The molecule has 0 saturated heterocycles. The summed E-state index contributed by atoms with van der Waals surface area (Å²) in [6.45, 7) is 6.82. The van der Waals surface area contributed by atoms with E-state index in [1.165, 1.54) is 11.3 Å². The zero-order valence-electron chi connectivity index (χ0n) is 12.6. The van der Waals surface area contributed by atoms with E-state index in [0.29, 0.717) is 23.3 Å². The Morgan fingerprint density at radius 3 is 3.14 bits per heavy atom. The second kappa shape index (κ2) is 5.60. The van der Waals surface area contributed by atoms with Gasteiger partial charge in [-0.15, -0.1) is 11.3 Å². The fourth-order valence-electron chi connectivity index (χ4n) is 2.72. The van der Waals surface area contributed by atoms with Crippen LogP contribution in [0.5, 0.6) is 0 Å². The van der Waals surface area contributed by atoms with E-state index in [9.17, 15) is 4.79 Å². The molecule has 0 aliphatic heterocycles. The van der Waals surface area contributed by atoms with Crippen LogP contribution in [0.4, 0.5) is 5.13 Å². The fourth-order valence-corrected chi connectivity index (χ4v) is 3.89. The van der Waals surface area contributed by atoms with Crippen molar-refractivity contribution in [3.05, 3.63) is 28.0 Å². The number of aryl methyl sites for hydroxylation is 3. The summed E-state index contributed by atoms with van der Waals surface area (Å²) in [4.78, 5) is 18.3. The Morgan fingerprint density at radius 2 is 2.38 bits per heavy atom. The maximum Gasteiger partial charge on any atom is 0.275 e. The number of anilines is 1. The highest BCUT2D eigenvalue weighted by molar-refractivity contribution is 7.15. The summed E-state index contributed by atoms with van der Waals surface area (Å²) in [5, 5.41) is 7.94. The maximum absolute atomic E-state index is 12.4. The van der Waals surface area contributed by atoms with Crippen molar-refractivity contribution in [2.45, 2.75) is 46.6 Å². The number of carbonyl (C=O) groups is 1. The van der Waals surface area contributed by atoms with E-state index in [0.717, 1.165) is 24.2 Å². The van der Waals surface area contributed by atoms with Gasteiger partial charge in [-0.1, -0.05) is 6.92 Å². The van der Waals surface area contributed by atoms with E-state index in [2.05, 4.69) is 22.3 Å². The van der Waals surface area contributed by atoms with Crippen molar-refractivity contribution >= 4 is 22.4 Å². The fraction of sp³-hybridized carbons (Fsp3) is 0.533. The zero-order valence-corrected chi connectivity index (χ0v) is 13.5. The predicted octanol–water partition coefficient (Wildman–Crippen LogP) is 3.05. The van der Waals surface area contributed by atoms with Crippen LogP contribution in [0.2, 0.25) is 0 Å². The van der Waals surface area contributed by atoms with Gasteiger partial charge in [-0.25, -0.2) is 4.98 Å². The third-order valence-corrected chi connectivity index (χ3v) is 4.88. The maximum atomic E-state index is 12.4. The lowest BCUT2D eigenvalue weighted by Gasteiger charge is -2.15. The second-order valence-electron chi connectivity index (χ2n) is 5.68. The smallest absolute Gasteiger partial charge is 0.275 e. The predicted molar refractivity (Wildman–Crippen MR) is 83.9 cm³/mol. The molecule has 21 heavy (non-hydrogen) atoms. The first-order chi connectivity index (χ1) is 10.1. The van der Waals surface area contributed by atoms with E-state index in [1.807, 2.05) is 19.9 Å². The van der Waals surface area contributed by atoms with Crippen molar-refractivity contribution in [2.75, 3.05) is 5.32 Å². The highest BCUT2D eigenvalue weighted by atomic mass is 32.1. The van der Waals surface area contributed by atoms with Crippen molar-refractivity contribution in [1.82, 2.24) is 14.8 Å². The van der Waals surface area contributed by atoms with Gasteiger partial charge in [0.25, 0.3) is 5.91 Å². The summed E-state index contributed by atoms with van der Waals surface area (Å²) in [6.07, 6.45) is 3.29. The van der Waals surface area contributed by atoms with Crippen LogP contribution in [-0.4, -0.2) is 20.7 Å². The molecule has 1 aliphatic carbocycles. The Labute approximate surface area is 128 Å². The van der Waals surface area contributed by atoms with Gasteiger partial charge in [0.2, 0.25) is 0 Å². The number of nitrogens with zero attached hydrogens (tertiary/aromatic N) is 3. The SMILES string of the molecule is CCn1nc(C)cc1C(=O)Nc1nc2c(s1)CC(C)CC2. The van der Waals surface area contributed by atoms with Gasteiger partial charge in [-0.05, 0) is 45.1 Å². The minimum atomic E-state index is -0.128. The van der Waals surface area contributed by atoms with Gasteiger partial charge >= 0.3 is 0 Å². The van der Waals surface area contributed by atoms with Crippen LogP contribution in [0.15, 0.2) is 6.07 Å². The van der Waals surface area contributed by atoms with Gasteiger partial charge in [-0.3, -0.25) is 14.8 Å². The van der Waals surface area contributed by atoms with Crippen molar-refractivity contribution in [1.29, 1.82) is 0 Å². The summed E-state index contributed by atoms with van der Waals surface area (Å²) in [5.41, 5.74) is 2.61. The van der Waals surface area contributed by atoms with E-state index < -0.39 is 0 Å². The quantitative estimate of drug-likeness (QED) is 0.948. The van der Waals surface area contributed by atoms with E-state index in [4.69, 9.17) is 0 Å². The van der Waals surface area contributed by atoms with E-state index in [-0.39, 0.29) is 5.91 Å². The van der Waals surface area contributed by atoms with Crippen LogP contribution in [0.1, 0.15) is 47.0 Å². The van der Waals surface area contributed by atoms with Crippen LogP contribution in [0.3, 0.4) is 0 Å². The molecule has 6 heteroatoms. The average Bonchev–Trinajstić information content (AvgIpc) is 3.00. The third-order valence-electron chi connectivity index (χ3n) is 3.84. The van der Waals surface area contributed by atoms with Crippen molar-refractivity contribution < 1.29 is 4.79 Å². The van der Waals surface area contributed by atoms with Gasteiger partial charge in [-0.2, -0.15) is 5.10 Å². The second-order valence-corrected chi connectivity index (χ2v) is 6.76. The zero-order chi connectivity index (χ0) is 15.0. The summed E-state index contributed by atoms with van der Waals surface area (Å²) in [6, 6.07) is 1.81. The Kier molecular flexibility index (Phi) is 3.80. The standard InChI is InChI=1S/C15H20N4OS/c1-4-19-12(8-10(3)18-19)14(20)17-15-16-11-6-5-9(2)7-13(11)21-15/h8-9H,4-7H2,1-3H3,(H,16,17,20). The largest absolute Gasteiger partial charge is 0.296 e. The van der Waals surface area contributed by atoms with Crippen LogP contribution in [0.25, 0.3) is 0 Å². The van der Waals surface area contributed by atoms with Crippen LogP contribution in [0, 0.1) is 12.8 Å². The monoisotopic (exact) mass is 304 g/mol. The number of nitrogens with one attached hydrogen (secondary N) is 1. The molecule has 1 unspecified atom stereocenters. The molecule has 0 spiro atoms. The molecule has 3 rings (SSSR count). The van der Waals surface area contributed by atoms with Crippen LogP contribution >= 0.6 is 11.3 Å². The van der Waals surface area contributed by atoms with Crippen LogP contribution < -0.4 is 5.32 Å². The molecule has 1 amide bonds. The molecule has 5 nitrogen and oxygen atoms in total. The first-order valence-corrected chi connectivity index (χ1v) is 8.22. The molecule has 2 aromatic rings.